The van der Waals surface area contributed by atoms with Gasteiger partial charge >= 0.3 is 0 Å². The van der Waals surface area contributed by atoms with Crippen LogP contribution in [-0.2, 0) is 11.3 Å². The highest BCUT2D eigenvalue weighted by atomic mass is 16.5. The first-order valence-corrected chi connectivity index (χ1v) is 8.66. The van der Waals surface area contributed by atoms with Crippen molar-refractivity contribution in [3.63, 3.8) is 0 Å². The normalized spacial score (nSPS) is 27.6. The van der Waals surface area contributed by atoms with Gasteiger partial charge < -0.3 is 14.5 Å². The van der Waals surface area contributed by atoms with Crippen molar-refractivity contribution in [3.8, 4) is 0 Å². The first-order chi connectivity index (χ1) is 11.7. The van der Waals surface area contributed by atoms with E-state index in [1.807, 2.05) is 19.1 Å². The second-order valence-electron chi connectivity index (χ2n) is 6.94. The second-order valence-corrected chi connectivity index (χ2v) is 6.94. The summed E-state index contributed by atoms with van der Waals surface area (Å²) in [6, 6.07) is 6.20. The van der Waals surface area contributed by atoms with Crippen LogP contribution in [0.3, 0.4) is 0 Å². The topological polar surface area (TPSA) is 63.4 Å². The minimum Gasteiger partial charge on any atom is -0.465 e. The van der Waals surface area contributed by atoms with Gasteiger partial charge in [-0.1, -0.05) is 0 Å². The van der Waals surface area contributed by atoms with E-state index in [1.54, 1.807) is 12.4 Å². The van der Waals surface area contributed by atoms with Crippen LogP contribution >= 0.6 is 0 Å². The molecule has 24 heavy (non-hydrogen) atoms. The summed E-state index contributed by atoms with van der Waals surface area (Å²) in [6.07, 6.45) is 6.80. The number of ether oxygens (including phenoxy) is 1. The van der Waals surface area contributed by atoms with Gasteiger partial charge in [0.15, 0.2) is 0 Å². The van der Waals surface area contributed by atoms with Crippen LogP contribution in [0.5, 0.6) is 0 Å². The molecule has 0 bridgehead atoms. The van der Waals surface area contributed by atoms with Crippen LogP contribution in [0.2, 0.25) is 0 Å². The molecule has 128 valence electrons. The molecule has 2 saturated heterocycles. The van der Waals surface area contributed by atoms with E-state index in [0.717, 1.165) is 50.4 Å². The first kappa shape index (κ1) is 15.6. The predicted molar refractivity (Wildman–Crippen MR) is 90.7 cm³/mol. The number of rotatable bonds is 4. The Morgan fingerprint density at radius 2 is 2.21 bits per heavy atom. The number of nitrogens with one attached hydrogen (secondary N) is 1. The Labute approximate surface area is 142 Å². The fourth-order valence-corrected chi connectivity index (χ4v) is 3.89. The van der Waals surface area contributed by atoms with E-state index in [4.69, 9.17) is 9.15 Å². The highest BCUT2D eigenvalue weighted by molar-refractivity contribution is 5.25. The average molecular weight is 328 g/mol. The number of nitrogens with zero attached hydrogens (tertiary/aromatic N) is 3. The lowest BCUT2D eigenvalue weighted by atomic mass is 9.88. The van der Waals surface area contributed by atoms with Crippen LogP contribution in [0.25, 0.3) is 0 Å². The monoisotopic (exact) mass is 328 g/mol. The smallest absolute Gasteiger partial charge is 0.222 e. The molecule has 0 unspecified atom stereocenters. The number of aryl methyl sites for hydroxylation is 1. The highest BCUT2D eigenvalue weighted by Crippen LogP contribution is 2.36. The maximum absolute atomic E-state index is 6.25. The summed E-state index contributed by atoms with van der Waals surface area (Å²) in [5.74, 6) is 2.69. The number of hydrogen-bond donors (Lipinski definition) is 1. The van der Waals surface area contributed by atoms with E-state index in [9.17, 15) is 0 Å². The summed E-state index contributed by atoms with van der Waals surface area (Å²) in [6.45, 7) is 5.62. The van der Waals surface area contributed by atoms with Gasteiger partial charge in [0.05, 0.1) is 24.8 Å². The van der Waals surface area contributed by atoms with Gasteiger partial charge in [-0.05, 0) is 44.5 Å². The van der Waals surface area contributed by atoms with E-state index in [1.165, 1.54) is 0 Å². The van der Waals surface area contributed by atoms with E-state index < -0.39 is 0 Å². The molecule has 4 heterocycles. The van der Waals surface area contributed by atoms with Crippen molar-refractivity contribution in [2.24, 2.45) is 0 Å². The maximum Gasteiger partial charge on any atom is 0.222 e. The zero-order valence-electron chi connectivity index (χ0n) is 14.1. The van der Waals surface area contributed by atoms with Gasteiger partial charge in [-0.2, -0.15) is 0 Å². The van der Waals surface area contributed by atoms with Gasteiger partial charge in [0.1, 0.15) is 11.5 Å². The molecule has 6 nitrogen and oxygen atoms in total. The van der Waals surface area contributed by atoms with Gasteiger partial charge in [0.2, 0.25) is 5.95 Å². The van der Waals surface area contributed by atoms with Gasteiger partial charge in [-0.25, -0.2) is 9.97 Å². The van der Waals surface area contributed by atoms with E-state index in [2.05, 4.69) is 26.3 Å². The van der Waals surface area contributed by atoms with Crippen LogP contribution in [0.15, 0.2) is 35.0 Å². The number of furan rings is 1. The fraction of sp³-hybridized carbons (Fsp3) is 0.556. The second kappa shape index (κ2) is 6.53. The van der Waals surface area contributed by atoms with Crippen molar-refractivity contribution in [2.45, 2.75) is 44.4 Å². The summed E-state index contributed by atoms with van der Waals surface area (Å²) >= 11 is 0. The molecule has 2 aromatic rings. The molecule has 2 fully saturated rings. The van der Waals surface area contributed by atoms with Crippen LogP contribution in [0.4, 0.5) is 5.95 Å². The van der Waals surface area contributed by atoms with Crippen molar-refractivity contribution in [2.75, 3.05) is 25.0 Å². The molecule has 2 aliphatic rings. The highest BCUT2D eigenvalue weighted by Gasteiger charge is 2.43. The van der Waals surface area contributed by atoms with Gasteiger partial charge in [-0.15, -0.1) is 0 Å². The zero-order chi connectivity index (χ0) is 16.4. The Balaban J connectivity index is 1.36. The molecule has 2 aromatic heterocycles. The largest absolute Gasteiger partial charge is 0.465 e. The van der Waals surface area contributed by atoms with Crippen LogP contribution in [-0.4, -0.2) is 46.2 Å². The third-order valence-corrected chi connectivity index (χ3v) is 4.90. The Morgan fingerprint density at radius 1 is 1.33 bits per heavy atom. The molecule has 0 amide bonds. The van der Waals surface area contributed by atoms with Crippen molar-refractivity contribution in [1.82, 2.24) is 14.9 Å². The number of anilines is 1. The van der Waals surface area contributed by atoms with Crippen LogP contribution in [0, 0.1) is 6.92 Å². The molecule has 0 aromatic carbocycles. The lowest BCUT2D eigenvalue weighted by Gasteiger charge is -2.39. The molecule has 2 aliphatic heterocycles. The zero-order valence-corrected chi connectivity index (χ0v) is 14.1. The third kappa shape index (κ3) is 3.44. The number of piperidine rings is 1. The Morgan fingerprint density at radius 3 is 3.00 bits per heavy atom. The van der Waals surface area contributed by atoms with Crippen molar-refractivity contribution in [3.05, 3.63) is 42.1 Å². The van der Waals surface area contributed by atoms with E-state index >= 15 is 0 Å². The maximum atomic E-state index is 6.25. The lowest BCUT2D eigenvalue weighted by molar-refractivity contribution is -0.0544. The van der Waals surface area contributed by atoms with E-state index in [-0.39, 0.29) is 11.6 Å². The van der Waals surface area contributed by atoms with Crippen molar-refractivity contribution in [1.29, 1.82) is 0 Å². The quantitative estimate of drug-likeness (QED) is 0.931. The Kier molecular flexibility index (Phi) is 4.24. The number of aromatic nitrogens is 2. The molecule has 6 heteroatoms. The van der Waals surface area contributed by atoms with Crippen LogP contribution < -0.4 is 5.32 Å². The minimum atomic E-state index is -0.0493. The molecule has 1 N–H and O–H groups in total. The molecule has 0 radical (unpaired) electrons. The van der Waals surface area contributed by atoms with Crippen molar-refractivity contribution >= 4 is 5.95 Å². The molecule has 4 rings (SSSR count). The first-order valence-electron chi connectivity index (χ1n) is 8.66. The number of likely N-dealkylation sites (tertiary alicyclic amines) is 1. The standard InChI is InChI=1S/C18H24N4O2/c1-14-4-5-16(24-14)11-22-9-2-6-18(13-22)10-15(12-23-18)21-17-19-7-3-8-20-17/h3-5,7-8,15H,2,6,9-13H2,1H3,(H,19,20,21)/t15-,18-/m0/s1. The summed E-state index contributed by atoms with van der Waals surface area (Å²) in [5, 5.41) is 3.40. The van der Waals surface area contributed by atoms with E-state index in [0.29, 0.717) is 12.6 Å². The molecule has 0 saturated carbocycles. The lowest BCUT2D eigenvalue weighted by Crippen LogP contribution is -2.47. The third-order valence-electron chi connectivity index (χ3n) is 4.90. The fourth-order valence-electron chi connectivity index (χ4n) is 3.89. The SMILES string of the molecule is Cc1ccc(CN2CCC[C@]3(C[C@H](Nc4ncccn4)CO3)C2)o1. The van der Waals surface area contributed by atoms with Crippen LogP contribution in [0.1, 0.15) is 30.8 Å². The summed E-state index contributed by atoms with van der Waals surface area (Å²) in [7, 11) is 0. The molecule has 2 atom stereocenters. The Bertz CT molecular complexity index is 675. The predicted octanol–water partition coefficient (Wildman–Crippen LogP) is 2.61. The Hall–Kier alpha value is -1.92. The number of hydrogen-bond acceptors (Lipinski definition) is 6. The molecule has 1 spiro atoms. The summed E-state index contributed by atoms with van der Waals surface area (Å²) in [4.78, 5) is 10.9. The summed E-state index contributed by atoms with van der Waals surface area (Å²) in [5.41, 5.74) is -0.0493. The van der Waals surface area contributed by atoms with Gasteiger partial charge in [-0.3, -0.25) is 4.90 Å². The molecule has 0 aliphatic carbocycles. The van der Waals surface area contributed by atoms with Gasteiger partial charge in [0.25, 0.3) is 0 Å². The summed E-state index contributed by atoms with van der Waals surface area (Å²) < 4.78 is 12.0. The molecular weight excluding hydrogens is 304 g/mol. The van der Waals surface area contributed by atoms with Gasteiger partial charge in [0, 0.05) is 25.4 Å². The molecular formula is C18H24N4O2. The van der Waals surface area contributed by atoms with Crippen molar-refractivity contribution < 1.29 is 9.15 Å². The minimum absolute atomic E-state index is 0.0493. The average Bonchev–Trinajstić information content (AvgIpc) is 3.15.